The summed E-state index contributed by atoms with van der Waals surface area (Å²) in [5.41, 5.74) is 3.72. The maximum absolute atomic E-state index is 4.31. The number of guanidine groups is 1. The summed E-state index contributed by atoms with van der Waals surface area (Å²) in [6.45, 7) is 3.79. The van der Waals surface area contributed by atoms with Crippen LogP contribution in [0.2, 0.25) is 0 Å². The van der Waals surface area contributed by atoms with Crippen molar-refractivity contribution in [2.75, 3.05) is 20.1 Å². The third kappa shape index (κ3) is 5.56. The van der Waals surface area contributed by atoms with Gasteiger partial charge < -0.3 is 10.6 Å². The van der Waals surface area contributed by atoms with E-state index in [1.807, 2.05) is 24.4 Å². The van der Waals surface area contributed by atoms with Crippen molar-refractivity contribution in [2.45, 2.75) is 19.8 Å². The lowest BCUT2D eigenvalue weighted by Gasteiger charge is -2.11. The molecule has 0 bridgehead atoms. The molecule has 0 saturated heterocycles. The number of hydrogen-bond acceptors (Lipinski definition) is 2. The van der Waals surface area contributed by atoms with Crippen molar-refractivity contribution >= 4 is 5.96 Å². The van der Waals surface area contributed by atoms with Crippen molar-refractivity contribution in [3.63, 3.8) is 0 Å². The maximum atomic E-state index is 4.31. The van der Waals surface area contributed by atoms with Gasteiger partial charge in [0, 0.05) is 38.4 Å². The Bertz CT molecular complexity index is 576. The van der Waals surface area contributed by atoms with Gasteiger partial charge >= 0.3 is 0 Å². The standard InChI is InChI=1S/C18H24N4/c1-15-6-8-16(9-7-15)10-13-21-18(19-2)22-14-11-17-5-3-4-12-20-17/h3-9,12H,10-11,13-14H2,1-2H3,(H2,19,21,22). The fourth-order valence-electron chi connectivity index (χ4n) is 2.16. The molecule has 0 unspecified atom stereocenters. The predicted octanol–water partition coefficient (Wildman–Crippen LogP) is 2.34. The summed E-state index contributed by atoms with van der Waals surface area (Å²) in [4.78, 5) is 8.55. The van der Waals surface area contributed by atoms with Crippen molar-refractivity contribution in [1.82, 2.24) is 15.6 Å². The summed E-state index contributed by atoms with van der Waals surface area (Å²) < 4.78 is 0. The van der Waals surface area contributed by atoms with Gasteiger partial charge in [-0.25, -0.2) is 0 Å². The number of aliphatic imine (C=N–C) groups is 1. The molecule has 0 radical (unpaired) electrons. The number of nitrogens with one attached hydrogen (secondary N) is 2. The van der Waals surface area contributed by atoms with Gasteiger partial charge in [-0.05, 0) is 31.0 Å². The fourth-order valence-corrected chi connectivity index (χ4v) is 2.16. The lowest BCUT2D eigenvalue weighted by atomic mass is 10.1. The van der Waals surface area contributed by atoms with E-state index in [0.29, 0.717) is 0 Å². The van der Waals surface area contributed by atoms with Gasteiger partial charge in [-0.3, -0.25) is 9.98 Å². The van der Waals surface area contributed by atoms with E-state index in [-0.39, 0.29) is 0 Å². The van der Waals surface area contributed by atoms with Crippen molar-refractivity contribution < 1.29 is 0 Å². The zero-order chi connectivity index (χ0) is 15.6. The lowest BCUT2D eigenvalue weighted by Crippen LogP contribution is -2.39. The van der Waals surface area contributed by atoms with Crippen LogP contribution in [0, 0.1) is 6.92 Å². The highest BCUT2D eigenvalue weighted by Crippen LogP contribution is 2.03. The molecular formula is C18H24N4. The second-order valence-electron chi connectivity index (χ2n) is 5.23. The number of aryl methyl sites for hydroxylation is 1. The number of pyridine rings is 1. The van der Waals surface area contributed by atoms with Crippen LogP contribution in [0.4, 0.5) is 0 Å². The average molecular weight is 296 g/mol. The van der Waals surface area contributed by atoms with E-state index in [1.165, 1.54) is 11.1 Å². The summed E-state index contributed by atoms with van der Waals surface area (Å²) >= 11 is 0. The molecule has 1 aromatic heterocycles. The molecule has 0 aliphatic heterocycles. The van der Waals surface area contributed by atoms with E-state index >= 15 is 0 Å². The minimum atomic E-state index is 0.821. The second kappa shape index (κ2) is 8.82. The molecule has 0 atom stereocenters. The van der Waals surface area contributed by atoms with E-state index < -0.39 is 0 Å². The summed E-state index contributed by atoms with van der Waals surface area (Å²) in [5, 5.41) is 6.65. The molecule has 2 aromatic rings. The van der Waals surface area contributed by atoms with E-state index in [1.54, 1.807) is 7.05 Å². The Labute approximate surface area is 132 Å². The molecule has 0 spiro atoms. The zero-order valence-electron chi connectivity index (χ0n) is 13.3. The maximum Gasteiger partial charge on any atom is 0.190 e. The first-order valence-electron chi connectivity index (χ1n) is 7.68. The Morgan fingerprint density at radius 3 is 2.36 bits per heavy atom. The first-order valence-corrected chi connectivity index (χ1v) is 7.68. The summed E-state index contributed by atoms with van der Waals surface area (Å²) in [6, 6.07) is 14.6. The number of aromatic nitrogens is 1. The van der Waals surface area contributed by atoms with Gasteiger partial charge in [0.25, 0.3) is 0 Å². The van der Waals surface area contributed by atoms with Gasteiger partial charge in [0.1, 0.15) is 0 Å². The molecule has 2 N–H and O–H groups in total. The smallest absolute Gasteiger partial charge is 0.190 e. The number of hydrogen-bond donors (Lipinski definition) is 2. The normalized spacial score (nSPS) is 11.3. The van der Waals surface area contributed by atoms with Gasteiger partial charge in [-0.1, -0.05) is 35.9 Å². The van der Waals surface area contributed by atoms with E-state index in [0.717, 1.165) is 37.6 Å². The summed E-state index contributed by atoms with van der Waals surface area (Å²) in [5.74, 6) is 0.836. The Morgan fingerprint density at radius 1 is 1.00 bits per heavy atom. The highest BCUT2D eigenvalue weighted by atomic mass is 15.2. The van der Waals surface area contributed by atoms with Crippen molar-refractivity contribution in [3.05, 3.63) is 65.5 Å². The Balaban J connectivity index is 1.68. The quantitative estimate of drug-likeness (QED) is 0.635. The van der Waals surface area contributed by atoms with E-state index in [2.05, 4.69) is 51.8 Å². The topological polar surface area (TPSA) is 49.3 Å². The molecular weight excluding hydrogens is 272 g/mol. The average Bonchev–Trinajstić information content (AvgIpc) is 2.56. The number of benzene rings is 1. The van der Waals surface area contributed by atoms with Crippen LogP contribution in [0.1, 0.15) is 16.8 Å². The molecule has 116 valence electrons. The first kappa shape index (κ1) is 16.0. The van der Waals surface area contributed by atoms with Crippen LogP contribution < -0.4 is 10.6 Å². The van der Waals surface area contributed by atoms with Gasteiger partial charge in [0.15, 0.2) is 5.96 Å². The molecule has 4 heteroatoms. The molecule has 2 rings (SSSR count). The van der Waals surface area contributed by atoms with E-state index in [4.69, 9.17) is 0 Å². The SMILES string of the molecule is CN=C(NCCc1ccc(C)cc1)NCCc1ccccn1. The molecule has 1 aromatic carbocycles. The molecule has 0 fully saturated rings. The Morgan fingerprint density at radius 2 is 1.73 bits per heavy atom. The molecule has 22 heavy (non-hydrogen) atoms. The van der Waals surface area contributed by atoms with Crippen LogP contribution in [-0.2, 0) is 12.8 Å². The van der Waals surface area contributed by atoms with Crippen molar-refractivity contribution in [3.8, 4) is 0 Å². The molecule has 0 aliphatic rings. The molecule has 1 heterocycles. The van der Waals surface area contributed by atoms with Crippen LogP contribution in [0.3, 0.4) is 0 Å². The molecule has 0 saturated carbocycles. The van der Waals surface area contributed by atoms with Crippen LogP contribution in [-0.4, -0.2) is 31.1 Å². The summed E-state index contributed by atoms with van der Waals surface area (Å²) in [7, 11) is 1.79. The second-order valence-corrected chi connectivity index (χ2v) is 5.23. The van der Waals surface area contributed by atoms with Gasteiger partial charge in [0.05, 0.1) is 0 Å². The van der Waals surface area contributed by atoms with Gasteiger partial charge in [0.2, 0.25) is 0 Å². The Kier molecular flexibility index (Phi) is 6.42. The zero-order valence-corrected chi connectivity index (χ0v) is 13.3. The predicted molar refractivity (Wildman–Crippen MR) is 92.2 cm³/mol. The minimum absolute atomic E-state index is 0.821. The monoisotopic (exact) mass is 296 g/mol. The van der Waals surface area contributed by atoms with Gasteiger partial charge in [-0.15, -0.1) is 0 Å². The highest BCUT2D eigenvalue weighted by molar-refractivity contribution is 5.79. The number of rotatable bonds is 6. The molecule has 0 amide bonds. The lowest BCUT2D eigenvalue weighted by molar-refractivity contribution is 0.776. The van der Waals surface area contributed by atoms with Crippen LogP contribution in [0.25, 0.3) is 0 Å². The highest BCUT2D eigenvalue weighted by Gasteiger charge is 1.99. The largest absolute Gasteiger partial charge is 0.356 e. The number of nitrogens with zero attached hydrogens (tertiary/aromatic N) is 2. The first-order chi connectivity index (χ1) is 10.8. The molecule has 4 nitrogen and oxygen atoms in total. The van der Waals surface area contributed by atoms with Crippen LogP contribution in [0.15, 0.2) is 53.7 Å². The third-order valence-corrected chi connectivity index (χ3v) is 3.45. The van der Waals surface area contributed by atoms with Crippen LogP contribution >= 0.6 is 0 Å². The third-order valence-electron chi connectivity index (χ3n) is 3.45. The summed E-state index contributed by atoms with van der Waals surface area (Å²) in [6.07, 6.45) is 3.70. The van der Waals surface area contributed by atoms with Crippen LogP contribution in [0.5, 0.6) is 0 Å². The van der Waals surface area contributed by atoms with Crippen molar-refractivity contribution in [1.29, 1.82) is 0 Å². The van der Waals surface area contributed by atoms with Crippen molar-refractivity contribution in [2.24, 2.45) is 4.99 Å². The minimum Gasteiger partial charge on any atom is -0.356 e. The van der Waals surface area contributed by atoms with E-state index in [9.17, 15) is 0 Å². The fraction of sp³-hybridized carbons (Fsp3) is 0.333. The van der Waals surface area contributed by atoms with Gasteiger partial charge in [-0.2, -0.15) is 0 Å². The molecule has 0 aliphatic carbocycles. The Hall–Kier alpha value is -2.36.